The van der Waals surface area contributed by atoms with Gasteiger partial charge in [0, 0.05) is 34.6 Å². The fraction of sp³-hybridized carbons (Fsp3) is 0.0645. The van der Waals surface area contributed by atoms with Crippen LogP contribution in [-0.2, 0) is 11.3 Å². The fourth-order valence-corrected chi connectivity index (χ4v) is 4.26. The average Bonchev–Trinajstić information content (AvgIpc) is 3.37. The summed E-state index contributed by atoms with van der Waals surface area (Å²) in [6, 6.07) is 31.4. The average molecular weight is 539 g/mol. The first-order valence-corrected chi connectivity index (χ1v) is 12.6. The highest BCUT2D eigenvalue weighted by molar-refractivity contribution is 6.30. The molecule has 5 aromatic rings. The number of carbonyl (C=O) groups excluding carboxylic acids is 2. The van der Waals surface area contributed by atoms with E-state index in [1.165, 1.54) is 17.0 Å². The summed E-state index contributed by atoms with van der Waals surface area (Å²) < 4.78 is 15.3. The van der Waals surface area contributed by atoms with E-state index in [0.717, 1.165) is 11.1 Å². The number of nitrogens with zero attached hydrogens (tertiary/aromatic N) is 3. The van der Waals surface area contributed by atoms with Crippen LogP contribution in [-0.4, -0.2) is 32.8 Å². The maximum absolute atomic E-state index is 13.6. The first kappa shape index (κ1) is 25.9. The summed E-state index contributed by atoms with van der Waals surface area (Å²) in [4.78, 5) is 32.9. The first-order valence-electron chi connectivity index (χ1n) is 12.3. The number of carbonyl (C=O) groups is 2. The van der Waals surface area contributed by atoms with Crippen LogP contribution in [0.25, 0.3) is 16.9 Å². The van der Waals surface area contributed by atoms with Gasteiger partial charge in [0.2, 0.25) is 11.9 Å². The molecule has 39 heavy (non-hydrogen) atoms. The highest BCUT2D eigenvalue weighted by Gasteiger charge is 2.21. The molecule has 0 aliphatic rings. The number of amides is 2. The van der Waals surface area contributed by atoms with Gasteiger partial charge < -0.3 is 4.90 Å². The summed E-state index contributed by atoms with van der Waals surface area (Å²) in [7, 11) is 0. The zero-order chi connectivity index (χ0) is 27.2. The van der Waals surface area contributed by atoms with E-state index in [9.17, 15) is 14.0 Å². The Morgan fingerprint density at radius 2 is 1.49 bits per heavy atom. The molecule has 0 aliphatic heterocycles. The molecule has 0 unspecified atom stereocenters. The number of halogens is 2. The Balaban J connectivity index is 1.43. The van der Waals surface area contributed by atoms with Gasteiger partial charge in [0.1, 0.15) is 12.4 Å². The van der Waals surface area contributed by atoms with Crippen molar-refractivity contribution in [1.29, 1.82) is 0 Å². The number of nitrogens with one attached hydrogen (secondary N) is 1. The molecule has 4 aromatic carbocycles. The van der Waals surface area contributed by atoms with Crippen molar-refractivity contribution in [3.05, 3.63) is 137 Å². The van der Waals surface area contributed by atoms with E-state index in [4.69, 9.17) is 11.6 Å². The standard InChI is InChI=1S/C31H24ClFN4O2/c32-25-13-11-24(12-14-25)30(39)36(19-22-7-3-1-4-8-22)21-29(38)35-31-34-28(23-9-5-2-6-10-23)20-37(31)27-17-15-26(33)16-18-27/h1-18,20H,19,21H2,(H,34,35,38). The first-order chi connectivity index (χ1) is 19.0. The van der Waals surface area contributed by atoms with Gasteiger partial charge in [-0.05, 0) is 54.1 Å². The minimum absolute atomic E-state index is 0.215. The molecule has 0 atom stereocenters. The molecule has 0 bridgehead atoms. The van der Waals surface area contributed by atoms with Gasteiger partial charge in [0.25, 0.3) is 5.91 Å². The van der Waals surface area contributed by atoms with Crippen LogP contribution < -0.4 is 5.32 Å². The van der Waals surface area contributed by atoms with E-state index in [0.29, 0.717) is 22.0 Å². The topological polar surface area (TPSA) is 67.2 Å². The maximum Gasteiger partial charge on any atom is 0.254 e. The summed E-state index contributed by atoms with van der Waals surface area (Å²) in [5.74, 6) is -0.853. The van der Waals surface area contributed by atoms with Crippen LogP contribution >= 0.6 is 11.6 Å². The van der Waals surface area contributed by atoms with E-state index in [1.54, 1.807) is 47.2 Å². The fourth-order valence-electron chi connectivity index (χ4n) is 4.13. The lowest BCUT2D eigenvalue weighted by atomic mass is 10.1. The number of hydrogen-bond donors (Lipinski definition) is 1. The minimum Gasteiger partial charge on any atom is -0.325 e. The predicted octanol–water partition coefficient (Wildman–Crippen LogP) is 6.61. The minimum atomic E-state index is -0.429. The van der Waals surface area contributed by atoms with Crippen molar-refractivity contribution in [2.24, 2.45) is 0 Å². The molecular formula is C31H24ClFN4O2. The Hall–Kier alpha value is -4.75. The lowest BCUT2D eigenvalue weighted by Crippen LogP contribution is -2.38. The summed E-state index contributed by atoms with van der Waals surface area (Å²) in [5, 5.41) is 3.36. The van der Waals surface area contributed by atoms with Crippen molar-refractivity contribution in [3.63, 3.8) is 0 Å². The highest BCUT2D eigenvalue weighted by atomic mass is 35.5. The molecule has 8 heteroatoms. The Morgan fingerprint density at radius 1 is 0.846 bits per heavy atom. The summed E-state index contributed by atoms with van der Waals surface area (Å²) in [5.41, 5.74) is 3.42. The second-order valence-electron chi connectivity index (χ2n) is 8.86. The van der Waals surface area contributed by atoms with Crippen LogP contribution in [0.5, 0.6) is 0 Å². The Labute approximate surface area is 230 Å². The van der Waals surface area contributed by atoms with E-state index in [1.807, 2.05) is 60.7 Å². The molecule has 1 aromatic heterocycles. The largest absolute Gasteiger partial charge is 0.325 e. The van der Waals surface area contributed by atoms with Gasteiger partial charge in [-0.2, -0.15) is 0 Å². The van der Waals surface area contributed by atoms with Crippen molar-refractivity contribution >= 4 is 29.4 Å². The number of rotatable bonds is 8. The van der Waals surface area contributed by atoms with Gasteiger partial charge in [-0.15, -0.1) is 0 Å². The molecule has 0 saturated heterocycles. The lowest BCUT2D eigenvalue weighted by Gasteiger charge is -2.22. The van der Waals surface area contributed by atoms with Crippen LogP contribution in [0.1, 0.15) is 15.9 Å². The molecule has 0 spiro atoms. The van der Waals surface area contributed by atoms with Crippen LogP contribution in [0.3, 0.4) is 0 Å². The van der Waals surface area contributed by atoms with Gasteiger partial charge >= 0.3 is 0 Å². The quantitative estimate of drug-likeness (QED) is 0.242. The Bertz CT molecular complexity index is 1570. The molecule has 6 nitrogen and oxygen atoms in total. The molecule has 0 aliphatic carbocycles. The van der Waals surface area contributed by atoms with Gasteiger partial charge in [-0.25, -0.2) is 9.37 Å². The van der Waals surface area contributed by atoms with E-state index < -0.39 is 5.91 Å². The summed E-state index contributed by atoms with van der Waals surface area (Å²) in [6.45, 7) is 0.0185. The van der Waals surface area contributed by atoms with Gasteiger partial charge in [-0.1, -0.05) is 72.3 Å². The van der Waals surface area contributed by atoms with Crippen molar-refractivity contribution in [3.8, 4) is 16.9 Å². The van der Waals surface area contributed by atoms with Crippen LogP contribution in [0.15, 0.2) is 115 Å². The number of benzene rings is 4. The monoisotopic (exact) mass is 538 g/mol. The molecule has 194 valence electrons. The van der Waals surface area contributed by atoms with E-state index in [-0.39, 0.29) is 30.8 Å². The van der Waals surface area contributed by atoms with Crippen molar-refractivity contribution in [1.82, 2.24) is 14.5 Å². The van der Waals surface area contributed by atoms with Crippen LogP contribution in [0.4, 0.5) is 10.3 Å². The third-order valence-electron chi connectivity index (χ3n) is 6.06. The molecule has 0 radical (unpaired) electrons. The molecular weight excluding hydrogens is 515 g/mol. The van der Waals surface area contributed by atoms with E-state index >= 15 is 0 Å². The number of hydrogen-bond acceptors (Lipinski definition) is 3. The van der Waals surface area contributed by atoms with Gasteiger partial charge in [0.15, 0.2) is 0 Å². The molecule has 5 rings (SSSR count). The number of anilines is 1. The number of aromatic nitrogens is 2. The van der Waals surface area contributed by atoms with Gasteiger partial charge in [0.05, 0.1) is 5.69 Å². The van der Waals surface area contributed by atoms with Crippen LogP contribution in [0.2, 0.25) is 5.02 Å². The second kappa shape index (κ2) is 11.8. The highest BCUT2D eigenvalue weighted by Crippen LogP contribution is 2.24. The van der Waals surface area contributed by atoms with Crippen molar-refractivity contribution in [2.75, 3.05) is 11.9 Å². The second-order valence-corrected chi connectivity index (χ2v) is 9.30. The maximum atomic E-state index is 13.6. The third kappa shape index (κ3) is 6.40. The van der Waals surface area contributed by atoms with E-state index in [2.05, 4.69) is 10.3 Å². The number of imidazole rings is 1. The molecule has 1 N–H and O–H groups in total. The predicted molar refractivity (Wildman–Crippen MR) is 150 cm³/mol. The zero-order valence-corrected chi connectivity index (χ0v) is 21.6. The third-order valence-corrected chi connectivity index (χ3v) is 6.31. The SMILES string of the molecule is O=C(CN(Cc1ccccc1)C(=O)c1ccc(Cl)cc1)Nc1nc(-c2ccccc2)cn1-c1ccc(F)cc1. The lowest BCUT2D eigenvalue weighted by molar-refractivity contribution is -0.117. The van der Waals surface area contributed by atoms with Crippen LogP contribution in [0, 0.1) is 5.82 Å². The Morgan fingerprint density at radius 3 is 2.15 bits per heavy atom. The Kier molecular flexibility index (Phi) is 7.80. The normalized spacial score (nSPS) is 10.7. The van der Waals surface area contributed by atoms with Gasteiger partial charge in [-0.3, -0.25) is 19.5 Å². The zero-order valence-electron chi connectivity index (χ0n) is 20.8. The van der Waals surface area contributed by atoms with Crippen molar-refractivity contribution < 1.29 is 14.0 Å². The summed E-state index contributed by atoms with van der Waals surface area (Å²) >= 11 is 6.00. The van der Waals surface area contributed by atoms with Crippen molar-refractivity contribution in [2.45, 2.75) is 6.54 Å². The molecule has 0 fully saturated rings. The molecule has 1 heterocycles. The summed E-state index contributed by atoms with van der Waals surface area (Å²) in [6.07, 6.45) is 1.78. The smallest absolute Gasteiger partial charge is 0.254 e. The molecule has 2 amide bonds. The molecule has 0 saturated carbocycles.